The number of allylic oxidation sites excluding steroid dienone is 3. The zero-order valence-electron chi connectivity index (χ0n) is 17.7. The Bertz CT molecular complexity index is 919. The van der Waals surface area contributed by atoms with Gasteiger partial charge in [-0.05, 0) is 31.4 Å². The Morgan fingerprint density at radius 2 is 1.94 bits per heavy atom. The van der Waals surface area contributed by atoms with Gasteiger partial charge in [-0.1, -0.05) is 6.58 Å². The molecule has 1 amide bonds. The fourth-order valence-corrected chi connectivity index (χ4v) is 4.56. The topological polar surface area (TPSA) is 67.8 Å². The van der Waals surface area contributed by atoms with Gasteiger partial charge in [0.2, 0.25) is 5.95 Å². The van der Waals surface area contributed by atoms with Gasteiger partial charge in [0.1, 0.15) is 12.1 Å². The molecule has 3 aliphatic heterocycles. The van der Waals surface area contributed by atoms with Crippen molar-refractivity contribution in [3.8, 4) is 5.75 Å². The smallest absolute Gasteiger partial charge is 0.257 e. The first kappa shape index (κ1) is 21.4. The first-order chi connectivity index (χ1) is 14.8. The van der Waals surface area contributed by atoms with E-state index in [0.29, 0.717) is 56.0 Å². The highest BCUT2D eigenvalue weighted by atomic mass is 19.1. The fourth-order valence-electron chi connectivity index (χ4n) is 4.56. The highest BCUT2D eigenvalue weighted by Gasteiger charge is 2.58. The standard InChI is InChI=1S/C22H26F2N4O3/c1-14(10-16(24)11-15(2)23)18-4-5-19-28(18)20(29)22(31-19)6-8-27(9-7-22)21-25-12-17(30-3)13-26-21/h10-13,18-19H,1,4-9H2,2-3H3/b15-11+,16-10+/t18-,19+/m0/s1. The normalized spacial score (nSPS) is 25.9. The molecule has 0 N–H and O–H groups in total. The van der Waals surface area contributed by atoms with Crippen LogP contribution in [0.3, 0.4) is 0 Å². The first-order valence-corrected chi connectivity index (χ1v) is 10.3. The van der Waals surface area contributed by atoms with Crippen LogP contribution < -0.4 is 9.64 Å². The second-order valence-corrected chi connectivity index (χ2v) is 8.12. The lowest BCUT2D eigenvalue weighted by Gasteiger charge is -2.37. The van der Waals surface area contributed by atoms with E-state index in [1.807, 2.05) is 4.90 Å². The zero-order valence-corrected chi connectivity index (χ0v) is 17.7. The van der Waals surface area contributed by atoms with Crippen molar-refractivity contribution in [3.05, 3.63) is 48.4 Å². The van der Waals surface area contributed by atoms with Gasteiger partial charge in [-0.25, -0.2) is 18.7 Å². The van der Waals surface area contributed by atoms with Crippen LogP contribution in [0.1, 0.15) is 32.6 Å². The van der Waals surface area contributed by atoms with Crippen LogP contribution in [0.15, 0.2) is 48.4 Å². The number of carbonyl (C=O) groups is 1. The lowest BCUT2D eigenvalue weighted by Crippen LogP contribution is -2.51. The molecule has 9 heteroatoms. The minimum absolute atomic E-state index is 0.0810. The van der Waals surface area contributed by atoms with Gasteiger partial charge in [-0.2, -0.15) is 0 Å². The summed E-state index contributed by atoms with van der Waals surface area (Å²) in [6.45, 7) is 6.26. The Morgan fingerprint density at radius 3 is 2.55 bits per heavy atom. The molecule has 0 aromatic carbocycles. The van der Waals surface area contributed by atoms with Crippen LogP contribution >= 0.6 is 0 Å². The predicted octanol–water partition coefficient (Wildman–Crippen LogP) is 3.45. The third-order valence-corrected chi connectivity index (χ3v) is 6.11. The number of amides is 1. The summed E-state index contributed by atoms with van der Waals surface area (Å²) in [5, 5.41) is 0. The summed E-state index contributed by atoms with van der Waals surface area (Å²) < 4.78 is 38.2. The maximum absolute atomic E-state index is 13.9. The molecule has 0 unspecified atom stereocenters. The minimum atomic E-state index is -0.885. The maximum Gasteiger partial charge on any atom is 0.257 e. The van der Waals surface area contributed by atoms with Crippen molar-refractivity contribution in [1.82, 2.24) is 14.9 Å². The summed E-state index contributed by atoms with van der Waals surface area (Å²) in [4.78, 5) is 25.7. The SMILES string of the molecule is C=C(/C=C(F)\C=C(/C)F)[C@@H]1CC[C@H]2OC3(CCN(c4ncc(OC)cn4)CC3)C(=O)N21. The molecule has 1 aromatic rings. The second-order valence-electron chi connectivity index (χ2n) is 8.12. The maximum atomic E-state index is 13.9. The number of hydrogen-bond donors (Lipinski definition) is 0. The quantitative estimate of drug-likeness (QED) is 0.664. The van der Waals surface area contributed by atoms with Crippen molar-refractivity contribution in [1.29, 1.82) is 0 Å². The van der Waals surface area contributed by atoms with Gasteiger partial charge in [-0.15, -0.1) is 0 Å². The van der Waals surface area contributed by atoms with E-state index in [4.69, 9.17) is 9.47 Å². The highest BCUT2D eigenvalue weighted by Crippen LogP contribution is 2.44. The molecular weight excluding hydrogens is 406 g/mol. The Balaban J connectivity index is 1.44. The lowest BCUT2D eigenvalue weighted by molar-refractivity contribution is -0.140. The molecule has 166 valence electrons. The fraction of sp³-hybridized carbons (Fsp3) is 0.500. The number of piperidine rings is 1. The summed E-state index contributed by atoms with van der Waals surface area (Å²) in [5.74, 6) is -0.255. The molecule has 7 nitrogen and oxygen atoms in total. The number of nitrogens with zero attached hydrogens (tertiary/aromatic N) is 4. The number of anilines is 1. The third kappa shape index (κ3) is 4.06. The molecule has 4 heterocycles. The van der Waals surface area contributed by atoms with Crippen LogP contribution in [0.2, 0.25) is 0 Å². The van der Waals surface area contributed by atoms with Gasteiger partial charge < -0.3 is 19.3 Å². The lowest BCUT2D eigenvalue weighted by atomic mass is 9.89. The summed E-state index contributed by atoms with van der Waals surface area (Å²) in [6.07, 6.45) is 7.22. The number of ether oxygens (including phenoxy) is 2. The number of hydrogen-bond acceptors (Lipinski definition) is 6. The van der Waals surface area contributed by atoms with Crippen molar-refractivity contribution in [3.63, 3.8) is 0 Å². The average molecular weight is 432 g/mol. The van der Waals surface area contributed by atoms with Gasteiger partial charge in [0.05, 0.1) is 31.4 Å². The third-order valence-electron chi connectivity index (χ3n) is 6.11. The minimum Gasteiger partial charge on any atom is -0.494 e. The molecule has 0 saturated carbocycles. The molecule has 3 aliphatic rings. The van der Waals surface area contributed by atoms with Gasteiger partial charge in [-0.3, -0.25) is 4.79 Å². The largest absolute Gasteiger partial charge is 0.494 e. The van der Waals surface area contributed by atoms with E-state index in [-0.39, 0.29) is 18.2 Å². The van der Waals surface area contributed by atoms with E-state index in [1.54, 1.807) is 24.4 Å². The number of fused-ring (bicyclic) bond motifs is 1. The molecule has 0 bridgehead atoms. The molecule has 3 fully saturated rings. The number of methoxy groups -OCH3 is 1. The van der Waals surface area contributed by atoms with Crippen LogP contribution in [0.25, 0.3) is 0 Å². The van der Waals surface area contributed by atoms with Crippen LogP contribution in [-0.2, 0) is 9.53 Å². The zero-order chi connectivity index (χ0) is 22.2. The van der Waals surface area contributed by atoms with Gasteiger partial charge in [0.15, 0.2) is 11.4 Å². The van der Waals surface area contributed by atoms with Crippen molar-refractivity contribution in [2.45, 2.75) is 50.5 Å². The summed E-state index contributed by atoms with van der Waals surface area (Å²) in [5.41, 5.74) is -0.444. The second kappa shape index (κ2) is 8.37. The van der Waals surface area contributed by atoms with E-state index in [1.165, 1.54) is 13.0 Å². The van der Waals surface area contributed by atoms with E-state index in [9.17, 15) is 13.6 Å². The average Bonchev–Trinajstić information content (AvgIpc) is 3.26. The first-order valence-electron chi connectivity index (χ1n) is 10.3. The van der Waals surface area contributed by atoms with E-state index in [0.717, 1.165) is 6.08 Å². The summed E-state index contributed by atoms with van der Waals surface area (Å²) in [7, 11) is 1.56. The Labute approximate surface area is 180 Å². The number of aromatic nitrogens is 2. The van der Waals surface area contributed by atoms with Gasteiger partial charge in [0, 0.05) is 32.0 Å². The van der Waals surface area contributed by atoms with E-state index >= 15 is 0 Å². The van der Waals surface area contributed by atoms with Gasteiger partial charge >= 0.3 is 0 Å². The van der Waals surface area contributed by atoms with Crippen molar-refractivity contribution in [2.75, 3.05) is 25.1 Å². The number of halogens is 2. The van der Waals surface area contributed by atoms with Gasteiger partial charge in [0.25, 0.3) is 5.91 Å². The molecule has 3 saturated heterocycles. The van der Waals surface area contributed by atoms with Crippen molar-refractivity contribution in [2.24, 2.45) is 0 Å². The molecule has 0 aliphatic carbocycles. The molecule has 4 rings (SSSR count). The Kier molecular flexibility index (Phi) is 5.79. The predicted molar refractivity (Wildman–Crippen MR) is 111 cm³/mol. The molecule has 2 atom stereocenters. The summed E-state index contributed by atoms with van der Waals surface area (Å²) >= 11 is 0. The molecule has 0 radical (unpaired) electrons. The number of rotatable bonds is 5. The molecule has 1 aromatic heterocycles. The Hall–Kier alpha value is -2.81. The number of carbonyl (C=O) groups excluding carboxylic acids is 1. The van der Waals surface area contributed by atoms with Crippen LogP contribution in [0.5, 0.6) is 5.75 Å². The Morgan fingerprint density at radius 1 is 1.26 bits per heavy atom. The van der Waals surface area contributed by atoms with E-state index in [2.05, 4.69) is 16.5 Å². The van der Waals surface area contributed by atoms with Crippen LogP contribution in [-0.4, -0.2) is 58.8 Å². The molecular formula is C22H26F2N4O3. The molecule has 31 heavy (non-hydrogen) atoms. The van der Waals surface area contributed by atoms with Crippen molar-refractivity contribution >= 4 is 11.9 Å². The van der Waals surface area contributed by atoms with E-state index < -0.39 is 17.3 Å². The summed E-state index contributed by atoms with van der Waals surface area (Å²) in [6, 6.07) is -0.348. The van der Waals surface area contributed by atoms with Crippen LogP contribution in [0.4, 0.5) is 14.7 Å². The van der Waals surface area contributed by atoms with Crippen LogP contribution in [0, 0.1) is 0 Å². The molecule has 1 spiro atoms. The monoisotopic (exact) mass is 432 g/mol. The highest BCUT2D eigenvalue weighted by molar-refractivity contribution is 5.88. The van der Waals surface area contributed by atoms with Crippen molar-refractivity contribution < 1.29 is 23.0 Å².